The first kappa shape index (κ1) is 11.7. The second kappa shape index (κ2) is 5.50. The summed E-state index contributed by atoms with van der Waals surface area (Å²) in [6.45, 7) is 2.06. The van der Waals surface area contributed by atoms with Gasteiger partial charge in [0.15, 0.2) is 0 Å². The van der Waals surface area contributed by atoms with Crippen molar-refractivity contribution < 1.29 is 4.79 Å². The van der Waals surface area contributed by atoms with Crippen LogP contribution in [0, 0.1) is 0 Å². The van der Waals surface area contributed by atoms with Gasteiger partial charge in [0, 0.05) is 4.47 Å². The van der Waals surface area contributed by atoms with Crippen molar-refractivity contribution in [1.29, 1.82) is 0 Å². The molecule has 5 heteroatoms. The maximum Gasteiger partial charge on any atom is 0.332 e. The number of primary amides is 1. The summed E-state index contributed by atoms with van der Waals surface area (Å²) in [6.07, 6.45) is 2.49. The number of aryl methyl sites for hydroxylation is 1. The molecular formula is C10H12BrN3O. The second-order valence-corrected chi connectivity index (χ2v) is 3.85. The summed E-state index contributed by atoms with van der Waals surface area (Å²) >= 11 is 3.37. The van der Waals surface area contributed by atoms with E-state index in [1.807, 2.05) is 18.2 Å². The summed E-state index contributed by atoms with van der Waals surface area (Å²) in [7, 11) is 0. The van der Waals surface area contributed by atoms with Gasteiger partial charge in [-0.05, 0) is 29.7 Å². The quantitative estimate of drug-likeness (QED) is 0.640. The summed E-state index contributed by atoms with van der Waals surface area (Å²) in [6, 6.07) is 5.25. The summed E-state index contributed by atoms with van der Waals surface area (Å²) in [4.78, 5) is 10.4. The van der Waals surface area contributed by atoms with E-state index in [4.69, 9.17) is 5.73 Å². The molecule has 0 aromatic heterocycles. The largest absolute Gasteiger partial charge is 0.350 e. The molecule has 0 radical (unpaired) electrons. The highest BCUT2D eigenvalue weighted by Gasteiger charge is 1.98. The van der Waals surface area contributed by atoms with E-state index in [1.54, 1.807) is 6.21 Å². The van der Waals surface area contributed by atoms with Crippen LogP contribution >= 0.6 is 15.9 Å². The Kier molecular flexibility index (Phi) is 4.30. The number of carbonyl (C=O) groups is 1. The van der Waals surface area contributed by atoms with Crippen molar-refractivity contribution in [2.75, 3.05) is 0 Å². The van der Waals surface area contributed by atoms with Gasteiger partial charge in [-0.15, -0.1) is 0 Å². The van der Waals surface area contributed by atoms with Gasteiger partial charge in [-0.2, -0.15) is 5.10 Å². The topological polar surface area (TPSA) is 67.5 Å². The Morgan fingerprint density at radius 3 is 3.00 bits per heavy atom. The number of carbonyl (C=O) groups excluding carboxylic acids is 1. The first-order valence-electron chi connectivity index (χ1n) is 4.50. The molecule has 2 amide bonds. The molecule has 0 saturated carbocycles. The van der Waals surface area contributed by atoms with E-state index in [0.717, 1.165) is 22.0 Å². The van der Waals surface area contributed by atoms with Crippen molar-refractivity contribution in [1.82, 2.24) is 5.43 Å². The lowest BCUT2D eigenvalue weighted by Crippen LogP contribution is -2.24. The van der Waals surface area contributed by atoms with Crippen LogP contribution in [0.2, 0.25) is 0 Å². The van der Waals surface area contributed by atoms with Gasteiger partial charge in [0.2, 0.25) is 0 Å². The van der Waals surface area contributed by atoms with Gasteiger partial charge in [-0.25, -0.2) is 10.2 Å². The minimum absolute atomic E-state index is 0.667. The van der Waals surface area contributed by atoms with Crippen LogP contribution in [0.25, 0.3) is 0 Å². The molecule has 1 aromatic rings. The van der Waals surface area contributed by atoms with Crippen LogP contribution in [0.4, 0.5) is 4.79 Å². The second-order valence-electron chi connectivity index (χ2n) is 2.93. The fraction of sp³-hybridized carbons (Fsp3) is 0.200. The van der Waals surface area contributed by atoms with E-state index in [-0.39, 0.29) is 0 Å². The molecule has 4 nitrogen and oxygen atoms in total. The number of nitrogens with two attached hydrogens (primary N) is 1. The third kappa shape index (κ3) is 3.71. The zero-order valence-electron chi connectivity index (χ0n) is 8.33. The molecular weight excluding hydrogens is 258 g/mol. The predicted molar refractivity (Wildman–Crippen MR) is 63.8 cm³/mol. The van der Waals surface area contributed by atoms with Crippen molar-refractivity contribution in [2.24, 2.45) is 10.8 Å². The third-order valence-corrected chi connectivity index (χ3v) is 2.36. The number of amides is 2. The fourth-order valence-corrected chi connectivity index (χ4v) is 1.55. The Morgan fingerprint density at radius 2 is 2.40 bits per heavy atom. The molecule has 0 saturated heterocycles. The van der Waals surface area contributed by atoms with Gasteiger partial charge in [0.25, 0.3) is 0 Å². The molecule has 1 rings (SSSR count). The molecule has 0 bridgehead atoms. The lowest BCUT2D eigenvalue weighted by atomic mass is 10.1. The van der Waals surface area contributed by atoms with Gasteiger partial charge in [0.1, 0.15) is 0 Å². The number of rotatable bonds is 3. The van der Waals surface area contributed by atoms with E-state index in [1.165, 1.54) is 0 Å². The number of nitrogens with one attached hydrogen (secondary N) is 1. The van der Waals surface area contributed by atoms with Gasteiger partial charge in [-0.3, -0.25) is 0 Å². The average molecular weight is 270 g/mol. The molecule has 0 aliphatic heterocycles. The van der Waals surface area contributed by atoms with Crippen LogP contribution in [-0.4, -0.2) is 12.2 Å². The van der Waals surface area contributed by atoms with Crippen molar-refractivity contribution in [3.05, 3.63) is 33.8 Å². The number of halogens is 1. The maximum absolute atomic E-state index is 10.4. The summed E-state index contributed by atoms with van der Waals surface area (Å²) in [5.74, 6) is 0. The Hall–Kier alpha value is -1.36. The normalized spacial score (nSPS) is 10.5. The van der Waals surface area contributed by atoms with E-state index in [0.29, 0.717) is 0 Å². The highest BCUT2D eigenvalue weighted by molar-refractivity contribution is 9.10. The standard InChI is InChI=1S/C10H12BrN3O/c1-2-7-3-4-9(11)5-8(7)6-13-14-10(12)15/h3-6H,2H2,1H3,(H3,12,14,15). The van der Waals surface area contributed by atoms with Crippen molar-refractivity contribution >= 4 is 28.2 Å². The molecule has 0 spiro atoms. The number of hydrogen-bond donors (Lipinski definition) is 2. The average Bonchev–Trinajstić information content (AvgIpc) is 2.17. The minimum Gasteiger partial charge on any atom is -0.350 e. The van der Waals surface area contributed by atoms with Crippen LogP contribution in [0.15, 0.2) is 27.8 Å². The summed E-state index contributed by atoms with van der Waals surface area (Å²) in [5, 5.41) is 3.72. The molecule has 0 fully saturated rings. The van der Waals surface area contributed by atoms with E-state index < -0.39 is 6.03 Å². The van der Waals surface area contributed by atoms with Crippen LogP contribution < -0.4 is 11.2 Å². The molecule has 0 aliphatic rings. The summed E-state index contributed by atoms with van der Waals surface area (Å²) in [5.41, 5.74) is 9.16. The smallest absolute Gasteiger partial charge is 0.332 e. The predicted octanol–water partition coefficient (Wildman–Crippen LogP) is 2.01. The van der Waals surface area contributed by atoms with Crippen molar-refractivity contribution in [3.8, 4) is 0 Å². The van der Waals surface area contributed by atoms with Crippen molar-refractivity contribution in [3.63, 3.8) is 0 Å². The zero-order chi connectivity index (χ0) is 11.3. The van der Waals surface area contributed by atoms with Crippen LogP contribution in [0.3, 0.4) is 0 Å². The van der Waals surface area contributed by atoms with Crippen LogP contribution in [0.1, 0.15) is 18.1 Å². The monoisotopic (exact) mass is 269 g/mol. The number of hydrogen-bond acceptors (Lipinski definition) is 2. The zero-order valence-corrected chi connectivity index (χ0v) is 9.91. The highest BCUT2D eigenvalue weighted by atomic mass is 79.9. The molecule has 0 atom stereocenters. The first-order valence-corrected chi connectivity index (χ1v) is 5.29. The third-order valence-electron chi connectivity index (χ3n) is 1.87. The van der Waals surface area contributed by atoms with Gasteiger partial charge < -0.3 is 5.73 Å². The van der Waals surface area contributed by atoms with Crippen LogP contribution in [-0.2, 0) is 6.42 Å². The van der Waals surface area contributed by atoms with Crippen LogP contribution in [0.5, 0.6) is 0 Å². The molecule has 15 heavy (non-hydrogen) atoms. The minimum atomic E-state index is -0.667. The fourth-order valence-electron chi connectivity index (χ4n) is 1.17. The lowest BCUT2D eigenvalue weighted by molar-refractivity contribution is 0.249. The SMILES string of the molecule is CCc1ccc(Br)cc1C=NNC(N)=O. The Bertz CT molecular complexity index is 390. The van der Waals surface area contributed by atoms with E-state index in [2.05, 4.69) is 33.4 Å². The first-order chi connectivity index (χ1) is 7.13. The molecule has 0 unspecified atom stereocenters. The molecule has 0 aliphatic carbocycles. The number of hydrazone groups is 1. The number of benzene rings is 1. The summed E-state index contributed by atoms with van der Waals surface area (Å²) < 4.78 is 0.972. The Labute approximate surface area is 96.7 Å². The Morgan fingerprint density at radius 1 is 1.67 bits per heavy atom. The van der Waals surface area contributed by atoms with Crippen molar-refractivity contribution in [2.45, 2.75) is 13.3 Å². The maximum atomic E-state index is 10.4. The lowest BCUT2D eigenvalue weighted by Gasteiger charge is -2.02. The van der Waals surface area contributed by atoms with Gasteiger partial charge >= 0.3 is 6.03 Å². The molecule has 0 heterocycles. The number of urea groups is 1. The van der Waals surface area contributed by atoms with Gasteiger partial charge in [0.05, 0.1) is 6.21 Å². The Balaban J connectivity index is 2.87. The molecule has 80 valence electrons. The van der Waals surface area contributed by atoms with E-state index >= 15 is 0 Å². The molecule has 3 N–H and O–H groups in total. The number of nitrogens with zero attached hydrogens (tertiary/aromatic N) is 1. The van der Waals surface area contributed by atoms with E-state index in [9.17, 15) is 4.79 Å². The molecule has 1 aromatic carbocycles. The highest BCUT2D eigenvalue weighted by Crippen LogP contribution is 2.15. The van der Waals surface area contributed by atoms with Gasteiger partial charge in [-0.1, -0.05) is 28.9 Å².